The van der Waals surface area contributed by atoms with Crippen LogP contribution in [0.2, 0.25) is 0 Å². The van der Waals surface area contributed by atoms with E-state index in [1.165, 1.54) is 4.68 Å². The van der Waals surface area contributed by atoms with Crippen molar-refractivity contribution in [3.63, 3.8) is 0 Å². The predicted molar refractivity (Wildman–Crippen MR) is 90.4 cm³/mol. The average Bonchev–Trinajstić information content (AvgIpc) is 2.93. The van der Waals surface area contributed by atoms with E-state index in [1.807, 2.05) is 31.2 Å². The van der Waals surface area contributed by atoms with Crippen LogP contribution in [0.5, 0.6) is 5.75 Å². The van der Waals surface area contributed by atoms with Crippen LogP contribution in [0.25, 0.3) is 0 Å². The molecule has 0 unspecified atom stereocenters. The molecule has 0 aliphatic rings. The van der Waals surface area contributed by atoms with Gasteiger partial charge < -0.3 is 14.8 Å². The van der Waals surface area contributed by atoms with Gasteiger partial charge in [-0.3, -0.25) is 4.79 Å². The van der Waals surface area contributed by atoms with E-state index < -0.39 is 5.97 Å². The van der Waals surface area contributed by atoms with Crippen molar-refractivity contribution >= 4 is 11.9 Å². The van der Waals surface area contributed by atoms with Gasteiger partial charge in [-0.05, 0) is 38.5 Å². The van der Waals surface area contributed by atoms with E-state index >= 15 is 0 Å². The molecular weight excluding hydrogens is 324 g/mol. The molecule has 1 amide bonds. The number of nitrogens with zero attached hydrogens (tertiary/aromatic N) is 3. The molecule has 0 fully saturated rings. The zero-order valence-corrected chi connectivity index (χ0v) is 14.6. The standard InChI is InChI=1S/C17H22N4O4/c1-4-24-17(23)16-13(3)21(20-19-16)11-15(22)18-8-9-25-14-7-5-6-12(2)10-14/h5-7,10H,4,8-9,11H2,1-3H3,(H,18,22). The highest BCUT2D eigenvalue weighted by Gasteiger charge is 2.18. The SMILES string of the molecule is CCOC(=O)c1nnn(CC(=O)NCCOc2cccc(C)c2)c1C. The summed E-state index contributed by atoms with van der Waals surface area (Å²) in [6.45, 7) is 6.32. The Morgan fingerprint density at radius 1 is 1.28 bits per heavy atom. The van der Waals surface area contributed by atoms with Crippen molar-refractivity contribution in [2.45, 2.75) is 27.3 Å². The third-order valence-corrected chi connectivity index (χ3v) is 3.43. The third-order valence-electron chi connectivity index (χ3n) is 3.43. The molecule has 1 N–H and O–H groups in total. The maximum Gasteiger partial charge on any atom is 0.360 e. The van der Waals surface area contributed by atoms with Crippen LogP contribution in [0, 0.1) is 13.8 Å². The fourth-order valence-corrected chi connectivity index (χ4v) is 2.15. The number of hydrogen-bond donors (Lipinski definition) is 1. The number of benzene rings is 1. The van der Waals surface area contributed by atoms with Crippen molar-refractivity contribution in [1.82, 2.24) is 20.3 Å². The Morgan fingerprint density at radius 2 is 2.08 bits per heavy atom. The minimum Gasteiger partial charge on any atom is -0.492 e. The highest BCUT2D eigenvalue weighted by Crippen LogP contribution is 2.11. The predicted octanol–water partition coefficient (Wildman–Crippen LogP) is 1.27. The number of nitrogens with one attached hydrogen (secondary N) is 1. The number of aryl methyl sites for hydroxylation is 1. The molecule has 0 saturated carbocycles. The molecule has 1 heterocycles. The lowest BCUT2D eigenvalue weighted by Crippen LogP contribution is -2.31. The minimum absolute atomic E-state index is 0.0251. The lowest BCUT2D eigenvalue weighted by Gasteiger charge is -2.09. The molecule has 0 spiro atoms. The van der Waals surface area contributed by atoms with Crippen molar-refractivity contribution in [2.75, 3.05) is 19.8 Å². The largest absolute Gasteiger partial charge is 0.492 e. The van der Waals surface area contributed by atoms with Gasteiger partial charge in [0.25, 0.3) is 0 Å². The van der Waals surface area contributed by atoms with Crippen LogP contribution in [0.15, 0.2) is 24.3 Å². The molecule has 0 bridgehead atoms. The molecule has 8 heteroatoms. The summed E-state index contributed by atoms with van der Waals surface area (Å²) in [4.78, 5) is 23.6. The van der Waals surface area contributed by atoms with Crippen LogP contribution in [-0.4, -0.2) is 46.6 Å². The number of carbonyl (C=O) groups excluding carboxylic acids is 2. The lowest BCUT2D eigenvalue weighted by atomic mass is 10.2. The molecule has 2 rings (SSSR count). The molecule has 0 aliphatic carbocycles. The number of esters is 1. The van der Waals surface area contributed by atoms with Crippen LogP contribution in [0.4, 0.5) is 0 Å². The Labute approximate surface area is 146 Å². The van der Waals surface area contributed by atoms with Gasteiger partial charge in [0.15, 0.2) is 5.69 Å². The van der Waals surface area contributed by atoms with E-state index in [0.717, 1.165) is 11.3 Å². The second-order valence-electron chi connectivity index (χ2n) is 5.42. The van der Waals surface area contributed by atoms with Gasteiger partial charge in [0.1, 0.15) is 18.9 Å². The van der Waals surface area contributed by atoms with Gasteiger partial charge in [-0.2, -0.15) is 0 Å². The van der Waals surface area contributed by atoms with Crippen molar-refractivity contribution < 1.29 is 19.1 Å². The van der Waals surface area contributed by atoms with Gasteiger partial charge in [0.05, 0.1) is 18.8 Å². The fourth-order valence-electron chi connectivity index (χ4n) is 2.15. The summed E-state index contributed by atoms with van der Waals surface area (Å²) in [6, 6.07) is 7.69. The van der Waals surface area contributed by atoms with Gasteiger partial charge in [-0.15, -0.1) is 5.10 Å². The Bertz CT molecular complexity index is 742. The molecule has 1 aromatic carbocycles. The lowest BCUT2D eigenvalue weighted by molar-refractivity contribution is -0.122. The van der Waals surface area contributed by atoms with Gasteiger partial charge >= 0.3 is 5.97 Å². The summed E-state index contributed by atoms with van der Waals surface area (Å²) in [5.74, 6) is -0.0186. The topological polar surface area (TPSA) is 95.3 Å². The Hall–Kier alpha value is -2.90. The van der Waals surface area contributed by atoms with Crippen molar-refractivity contribution in [3.05, 3.63) is 41.2 Å². The second-order valence-corrected chi connectivity index (χ2v) is 5.42. The van der Waals surface area contributed by atoms with Gasteiger partial charge in [-0.1, -0.05) is 17.3 Å². The number of aromatic nitrogens is 3. The van der Waals surface area contributed by atoms with Gasteiger partial charge in [-0.25, -0.2) is 9.48 Å². The Morgan fingerprint density at radius 3 is 2.80 bits per heavy atom. The molecule has 0 radical (unpaired) electrons. The molecule has 25 heavy (non-hydrogen) atoms. The van der Waals surface area contributed by atoms with E-state index in [-0.39, 0.29) is 24.8 Å². The highest BCUT2D eigenvalue weighted by molar-refractivity contribution is 5.88. The number of ether oxygens (including phenoxy) is 2. The maximum absolute atomic E-state index is 12.0. The number of rotatable bonds is 8. The number of carbonyl (C=O) groups is 2. The molecule has 0 saturated heterocycles. The van der Waals surface area contributed by atoms with E-state index in [4.69, 9.17) is 9.47 Å². The monoisotopic (exact) mass is 346 g/mol. The Balaban J connectivity index is 1.78. The summed E-state index contributed by atoms with van der Waals surface area (Å²) >= 11 is 0. The molecule has 1 aromatic heterocycles. The average molecular weight is 346 g/mol. The molecule has 8 nitrogen and oxygen atoms in total. The zero-order chi connectivity index (χ0) is 18.2. The first kappa shape index (κ1) is 18.4. The molecular formula is C17H22N4O4. The quantitative estimate of drug-likeness (QED) is 0.571. The summed E-state index contributed by atoms with van der Waals surface area (Å²) in [6.07, 6.45) is 0. The first-order valence-electron chi connectivity index (χ1n) is 8.04. The second kappa shape index (κ2) is 8.81. The molecule has 134 valence electrons. The van der Waals surface area contributed by atoms with Crippen LogP contribution >= 0.6 is 0 Å². The van der Waals surface area contributed by atoms with Crippen LogP contribution in [0.1, 0.15) is 28.7 Å². The van der Waals surface area contributed by atoms with E-state index in [9.17, 15) is 9.59 Å². The summed E-state index contributed by atoms with van der Waals surface area (Å²) in [7, 11) is 0. The number of amides is 1. The van der Waals surface area contributed by atoms with Crippen LogP contribution in [-0.2, 0) is 16.1 Å². The summed E-state index contributed by atoms with van der Waals surface area (Å²) in [5, 5.41) is 10.3. The van der Waals surface area contributed by atoms with Crippen LogP contribution in [0.3, 0.4) is 0 Å². The number of hydrogen-bond acceptors (Lipinski definition) is 6. The minimum atomic E-state index is -0.543. The van der Waals surface area contributed by atoms with Crippen molar-refractivity contribution in [1.29, 1.82) is 0 Å². The van der Waals surface area contributed by atoms with E-state index in [1.54, 1.807) is 13.8 Å². The fraction of sp³-hybridized carbons (Fsp3) is 0.412. The third kappa shape index (κ3) is 5.30. The molecule has 0 aliphatic heterocycles. The Kier molecular flexibility index (Phi) is 6.50. The molecule has 2 aromatic rings. The highest BCUT2D eigenvalue weighted by atomic mass is 16.5. The molecule has 0 atom stereocenters. The van der Waals surface area contributed by atoms with Crippen molar-refractivity contribution in [3.8, 4) is 5.75 Å². The maximum atomic E-state index is 12.0. The zero-order valence-electron chi connectivity index (χ0n) is 14.6. The van der Waals surface area contributed by atoms with E-state index in [0.29, 0.717) is 18.8 Å². The van der Waals surface area contributed by atoms with E-state index in [2.05, 4.69) is 15.6 Å². The van der Waals surface area contributed by atoms with Gasteiger partial charge in [0, 0.05) is 0 Å². The normalized spacial score (nSPS) is 10.4. The van der Waals surface area contributed by atoms with Crippen LogP contribution < -0.4 is 10.1 Å². The van der Waals surface area contributed by atoms with Gasteiger partial charge in [0.2, 0.25) is 5.91 Å². The smallest absolute Gasteiger partial charge is 0.360 e. The summed E-state index contributed by atoms with van der Waals surface area (Å²) in [5.41, 5.74) is 1.72. The first-order chi connectivity index (χ1) is 12.0. The summed E-state index contributed by atoms with van der Waals surface area (Å²) < 4.78 is 11.8. The van der Waals surface area contributed by atoms with Crippen molar-refractivity contribution in [2.24, 2.45) is 0 Å². The first-order valence-corrected chi connectivity index (χ1v) is 8.04.